The molecule has 0 radical (unpaired) electrons. The molecule has 1 aromatic carbocycles. The molecule has 8 heteroatoms. The minimum absolute atomic E-state index is 0.0119. The van der Waals surface area contributed by atoms with Crippen LogP contribution < -0.4 is 11.2 Å². The van der Waals surface area contributed by atoms with Crippen LogP contribution in [0.3, 0.4) is 0 Å². The van der Waals surface area contributed by atoms with Crippen molar-refractivity contribution in [2.24, 2.45) is 5.92 Å². The first-order valence-electron chi connectivity index (χ1n) is 8.74. The molecular weight excluding hydrogens is 463 g/mol. The second-order valence-corrected chi connectivity index (χ2v) is 7.39. The Kier molecular flexibility index (Phi) is 6.85. The molecule has 4 atom stereocenters. The molecule has 1 saturated heterocycles. The number of benzene rings is 1. The van der Waals surface area contributed by atoms with Crippen LogP contribution in [0.15, 0.2) is 52.2 Å². The number of halogens is 1. The number of nitrogens with zero attached hydrogens (tertiary/aromatic N) is 2. The van der Waals surface area contributed by atoms with E-state index in [1.54, 1.807) is 7.11 Å². The van der Waals surface area contributed by atoms with Crippen LogP contribution in [-0.4, -0.2) is 32.9 Å². The van der Waals surface area contributed by atoms with Crippen LogP contribution in [0.1, 0.15) is 18.7 Å². The van der Waals surface area contributed by atoms with Crippen LogP contribution in [0.5, 0.6) is 0 Å². The molecule has 1 aliphatic rings. The van der Waals surface area contributed by atoms with E-state index in [9.17, 15) is 9.59 Å². The van der Waals surface area contributed by atoms with Crippen LogP contribution >= 0.6 is 22.6 Å². The fraction of sp³-hybridized carbons (Fsp3) is 0.474. The lowest BCUT2D eigenvalue weighted by Gasteiger charge is -2.22. The summed E-state index contributed by atoms with van der Waals surface area (Å²) in [6.07, 6.45) is 0.621. The maximum Gasteiger partial charge on any atom is 0.335 e. The average molecular weight is 486 g/mol. The first-order chi connectivity index (χ1) is 13.1. The monoisotopic (exact) mass is 486 g/mol. The van der Waals surface area contributed by atoms with Gasteiger partial charge < -0.3 is 14.2 Å². The fourth-order valence-corrected chi connectivity index (χ4v) is 4.27. The second kappa shape index (κ2) is 9.13. The summed E-state index contributed by atoms with van der Waals surface area (Å²) in [5, 5.41) is 0. The Bertz CT molecular complexity index is 866. The molecule has 1 aromatic heterocycles. The van der Waals surface area contributed by atoms with E-state index in [1.807, 2.05) is 37.3 Å². The van der Waals surface area contributed by atoms with E-state index in [0.717, 1.165) is 14.6 Å². The molecule has 1 fully saturated rings. The Labute approximate surface area is 171 Å². The number of methoxy groups -OCH3 is 1. The van der Waals surface area contributed by atoms with Gasteiger partial charge in [0.05, 0.1) is 12.7 Å². The van der Waals surface area contributed by atoms with Crippen molar-refractivity contribution >= 4 is 22.6 Å². The normalized spacial score (nSPS) is 25.0. The van der Waals surface area contributed by atoms with Crippen molar-refractivity contribution < 1.29 is 14.2 Å². The molecule has 2 aromatic rings. The minimum Gasteiger partial charge on any atom is -0.376 e. The molecule has 0 bridgehead atoms. The molecule has 27 heavy (non-hydrogen) atoms. The molecule has 0 N–H and O–H groups in total. The Hall–Kier alpha value is -1.49. The predicted molar refractivity (Wildman–Crippen MR) is 109 cm³/mol. The lowest BCUT2D eigenvalue weighted by molar-refractivity contribution is -0.0498. The SMILES string of the molecule is CO[C@H]1C(C)[C@@H](CI)O[C@H]1n1ccc(=O)n(COCc2ccccc2)c1=O. The van der Waals surface area contributed by atoms with Crippen molar-refractivity contribution in [3.8, 4) is 0 Å². The maximum atomic E-state index is 12.9. The van der Waals surface area contributed by atoms with E-state index in [1.165, 1.54) is 16.8 Å². The van der Waals surface area contributed by atoms with Gasteiger partial charge in [-0.1, -0.05) is 59.8 Å². The van der Waals surface area contributed by atoms with Crippen LogP contribution in [0.25, 0.3) is 0 Å². The van der Waals surface area contributed by atoms with Gasteiger partial charge in [-0.3, -0.25) is 9.36 Å². The third kappa shape index (κ3) is 4.34. The molecule has 0 spiro atoms. The van der Waals surface area contributed by atoms with Gasteiger partial charge in [0.15, 0.2) is 6.23 Å². The van der Waals surface area contributed by atoms with E-state index in [0.29, 0.717) is 6.61 Å². The fourth-order valence-electron chi connectivity index (χ4n) is 3.26. The zero-order valence-electron chi connectivity index (χ0n) is 15.3. The summed E-state index contributed by atoms with van der Waals surface area (Å²) in [4.78, 5) is 25.1. The molecule has 0 saturated carbocycles. The van der Waals surface area contributed by atoms with E-state index in [-0.39, 0.29) is 24.9 Å². The van der Waals surface area contributed by atoms with Gasteiger partial charge in [-0.2, -0.15) is 0 Å². The summed E-state index contributed by atoms with van der Waals surface area (Å²) in [6.45, 7) is 2.24. The van der Waals surface area contributed by atoms with Gasteiger partial charge in [-0.15, -0.1) is 0 Å². The van der Waals surface area contributed by atoms with Crippen molar-refractivity contribution in [3.05, 3.63) is 69.0 Å². The summed E-state index contributed by atoms with van der Waals surface area (Å²) in [5.74, 6) is 0.138. The Balaban J connectivity index is 1.81. The zero-order valence-corrected chi connectivity index (χ0v) is 17.4. The molecule has 0 aliphatic carbocycles. The Morgan fingerprint density at radius 2 is 1.93 bits per heavy atom. The maximum absolute atomic E-state index is 12.9. The molecule has 1 unspecified atom stereocenters. The second-order valence-electron chi connectivity index (χ2n) is 6.51. The van der Waals surface area contributed by atoms with Crippen LogP contribution in [0.2, 0.25) is 0 Å². The lowest BCUT2D eigenvalue weighted by Crippen LogP contribution is -2.43. The van der Waals surface area contributed by atoms with Crippen molar-refractivity contribution in [3.63, 3.8) is 0 Å². The molecule has 7 nitrogen and oxygen atoms in total. The first kappa shape index (κ1) is 20.2. The summed E-state index contributed by atoms with van der Waals surface area (Å²) in [6, 6.07) is 10.9. The molecule has 2 heterocycles. The standard InChI is InChI=1S/C19H23IN2O5/c1-13-15(10-20)27-18(17(13)25-2)21-9-8-16(23)22(19(21)24)12-26-11-14-6-4-3-5-7-14/h3-9,13,15,17-18H,10-12H2,1-2H3/t13?,15-,17+,18-/m1/s1. The van der Waals surface area contributed by atoms with Gasteiger partial charge >= 0.3 is 5.69 Å². The molecular formula is C19H23IN2O5. The number of hydrogen-bond acceptors (Lipinski definition) is 5. The quantitative estimate of drug-likeness (QED) is 0.443. The highest BCUT2D eigenvalue weighted by Gasteiger charge is 2.43. The van der Waals surface area contributed by atoms with Gasteiger partial charge in [0.1, 0.15) is 12.8 Å². The average Bonchev–Trinajstić information content (AvgIpc) is 3.00. The smallest absolute Gasteiger partial charge is 0.335 e. The molecule has 146 valence electrons. The highest BCUT2D eigenvalue weighted by molar-refractivity contribution is 14.1. The van der Waals surface area contributed by atoms with E-state index >= 15 is 0 Å². The van der Waals surface area contributed by atoms with E-state index in [4.69, 9.17) is 14.2 Å². The van der Waals surface area contributed by atoms with Crippen molar-refractivity contribution in [1.29, 1.82) is 0 Å². The summed E-state index contributed by atoms with van der Waals surface area (Å²) in [5.41, 5.74) is 0.0952. The largest absolute Gasteiger partial charge is 0.376 e. The van der Waals surface area contributed by atoms with Gasteiger partial charge in [-0.05, 0) is 5.56 Å². The molecule has 3 rings (SSSR count). The number of aromatic nitrogens is 2. The Morgan fingerprint density at radius 3 is 2.59 bits per heavy atom. The van der Waals surface area contributed by atoms with Crippen LogP contribution in [-0.2, 0) is 27.5 Å². The van der Waals surface area contributed by atoms with Crippen molar-refractivity contribution in [2.45, 2.75) is 38.7 Å². The molecule has 0 amide bonds. The zero-order chi connectivity index (χ0) is 19.4. The summed E-state index contributed by atoms with van der Waals surface area (Å²) >= 11 is 2.26. The number of rotatable bonds is 7. The third-order valence-corrected chi connectivity index (χ3v) is 5.69. The summed E-state index contributed by atoms with van der Waals surface area (Å²) < 4.78 is 20.5. The third-order valence-electron chi connectivity index (χ3n) is 4.83. The highest BCUT2D eigenvalue weighted by Crippen LogP contribution is 2.35. The Morgan fingerprint density at radius 1 is 1.19 bits per heavy atom. The molecule has 1 aliphatic heterocycles. The van der Waals surface area contributed by atoms with E-state index in [2.05, 4.69) is 22.6 Å². The highest BCUT2D eigenvalue weighted by atomic mass is 127. The van der Waals surface area contributed by atoms with Crippen molar-refractivity contribution in [1.82, 2.24) is 9.13 Å². The summed E-state index contributed by atoms with van der Waals surface area (Å²) in [7, 11) is 1.61. The van der Waals surface area contributed by atoms with Gasteiger partial charge in [0.2, 0.25) is 0 Å². The topological polar surface area (TPSA) is 71.7 Å². The lowest BCUT2D eigenvalue weighted by atomic mass is 10.0. The number of hydrogen-bond donors (Lipinski definition) is 0. The number of alkyl halides is 1. The first-order valence-corrected chi connectivity index (χ1v) is 10.3. The van der Waals surface area contributed by atoms with Crippen LogP contribution in [0.4, 0.5) is 0 Å². The van der Waals surface area contributed by atoms with Gasteiger partial charge in [0.25, 0.3) is 5.56 Å². The number of ether oxygens (including phenoxy) is 3. The van der Waals surface area contributed by atoms with Crippen LogP contribution in [0, 0.1) is 5.92 Å². The van der Waals surface area contributed by atoms with E-state index < -0.39 is 17.5 Å². The predicted octanol–water partition coefficient (Wildman–Crippen LogP) is 2.17. The van der Waals surface area contributed by atoms with Gasteiger partial charge in [0, 0.05) is 29.7 Å². The van der Waals surface area contributed by atoms with Gasteiger partial charge in [-0.25, -0.2) is 9.36 Å². The van der Waals surface area contributed by atoms with Crippen molar-refractivity contribution in [2.75, 3.05) is 11.5 Å². The minimum atomic E-state index is -0.571.